The van der Waals surface area contributed by atoms with Gasteiger partial charge in [0, 0.05) is 34.6 Å². The van der Waals surface area contributed by atoms with Gasteiger partial charge in [-0.1, -0.05) is 12.1 Å². The summed E-state index contributed by atoms with van der Waals surface area (Å²) >= 11 is 0. The van der Waals surface area contributed by atoms with Crippen molar-refractivity contribution in [3.05, 3.63) is 82.7 Å². The number of rotatable bonds is 4. The molecule has 0 saturated carbocycles. The van der Waals surface area contributed by atoms with E-state index < -0.39 is 15.8 Å². The number of aromatic nitrogens is 3. The van der Waals surface area contributed by atoms with Gasteiger partial charge in [0.1, 0.15) is 17.2 Å². The number of pyridine rings is 1. The number of nitrogens with zero attached hydrogens (tertiary/aromatic N) is 2. The van der Waals surface area contributed by atoms with Gasteiger partial charge in [-0.3, -0.25) is 14.5 Å². The van der Waals surface area contributed by atoms with E-state index in [1.165, 1.54) is 24.4 Å². The van der Waals surface area contributed by atoms with E-state index in [0.717, 1.165) is 6.07 Å². The molecular weight excluding hydrogens is 395 g/mol. The zero-order chi connectivity index (χ0) is 20.6. The third-order valence-corrected chi connectivity index (χ3v) is 5.67. The van der Waals surface area contributed by atoms with Crippen molar-refractivity contribution in [3.63, 3.8) is 0 Å². The highest BCUT2D eigenvalue weighted by Gasteiger charge is 2.20. The van der Waals surface area contributed by atoms with Crippen molar-refractivity contribution in [2.75, 3.05) is 4.72 Å². The number of benzene rings is 2. The predicted molar refractivity (Wildman–Crippen MR) is 108 cm³/mol. The Labute approximate surface area is 165 Å². The molecule has 2 aromatic carbocycles. The molecule has 0 aliphatic rings. The summed E-state index contributed by atoms with van der Waals surface area (Å²) in [5, 5.41) is 0.181. The first-order valence-electron chi connectivity index (χ1n) is 8.58. The van der Waals surface area contributed by atoms with Crippen molar-refractivity contribution in [3.8, 4) is 11.4 Å². The van der Waals surface area contributed by atoms with Crippen LogP contribution >= 0.6 is 0 Å². The van der Waals surface area contributed by atoms with Crippen molar-refractivity contribution in [1.82, 2.24) is 15.0 Å². The molecule has 0 atom stereocenters. The molecule has 0 bridgehead atoms. The molecule has 0 aliphatic heterocycles. The monoisotopic (exact) mass is 410 g/mol. The van der Waals surface area contributed by atoms with E-state index in [-0.39, 0.29) is 27.0 Å². The van der Waals surface area contributed by atoms with Gasteiger partial charge in [-0.25, -0.2) is 17.8 Å². The fourth-order valence-corrected chi connectivity index (χ4v) is 4.25. The number of H-pyrrole nitrogens is 1. The Morgan fingerprint density at radius 3 is 2.69 bits per heavy atom. The summed E-state index contributed by atoms with van der Waals surface area (Å²) in [4.78, 5) is 22.4. The number of hydrogen-bond donors (Lipinski definition) is 2. The van der Waals surface area contributed by atoms with Crippen LogP contribution in [0.4, 0.5) is 10.1 Å². The largest absolute Gasteiger partial charge is 0.307 e. The second-order valence-corrected chi connectivity index (χ2v) is 8.02. The minimum atomic E-state index is -4.02. The van der Waals surface area contributed by atoms with Crippen molar-refractivity contribution in [2.45, 2.75) is 11.8 Å². The Bertz CT molecular complexity index is 1400. The number of aryl methyl sites for hydroxylation is 1. The van der Waals surface area contributed by atoms with E-state index in [1.54, 1.807) is 37.3 Å². The van der Waals surface area contributed by atoms with Gasteiger partial charge in [-0.2, -0.15) is 0 Å². The van der Waals surface area contributed by atoms with Crippen LogP contribution in [0.5, 0.6) is 0 Å². The smallest absolute Gasteiger partial charge is 0.262 e. The van der Waals surface area contributed by atoms with E-state index in [9.17, 15) is 17.6 Å². The highest BCUT2D eigenvalue weighted by atomic mass is 32.2. The minimum absolute atomic E-state index is 0.0225. The zero-order valence-corrected chi connectivity index (χ0v) is 16.0. The average Bonchev–Trinajstić information content (AvgIpc) is 2.67. The van der Waals surface area contributed by atoms with Gasteiger partial charge in [0.25, 0.3) is 15.6 Å². The molecule has 0 amide bonds. The van der Waals surface area contributed by atoms with E-state index >= 15 is 0 Å². The van der Waals surface area contributed by atoms with Gasteiger partial charge in [0.15, 0.2) is 0 Å². The van der Waals surface area contributed by atoms with Crippen molar-refractivity contribution >= 4 is 26.6 Å². The topological polar surface area (TPSA) is 105 Å². The minimum Gasteiger partial charge on any atom is -0.307 e. The number of aromatic amines is 1. The lowest BCUT2D eigenvalue weighted by Crippen LogP contribution is -2.14. The van der Waals surface area contributed by atoms with Crippen LogP contribution in [0, 0.1) is 12.7 Å². The summed E-state index contributed by atoms with van der Waals surface area (Å²) in [5.41, 5.74) is 1.03. The Morgan fingerprint density at radius 2 is 1.90 bits per heavy atom. The van der Waals surface area contributed by atoms with E-state index in [1.807, 2.05) is 0 Å². The van der Waals surface area contributed by atoms with Crippen molar-refractivity contribution < 1.29 is 12.8 Å². The van der Waals surface area contributed by atoms with Gasteiger partial charge in [-0.15, -0.1) is 0 Å². The maximum absolute atomic E-state index is 14.0. The van der Waals surface area contributed by atoms with Crippen LogP contribution in [-0.2, 0) is 10.0 Å². The first-order valence-corrected chi connectivity index (χ1v) is 10.1. The summed E-state index contributed by atoms with van der Waals surface area (Å²) in [6.07, 6.45) is 1.40. The Kier molecular flexibility index (Phi) is 4.59. The molecule has 0 spiro atoms. The number of nitrogens with one attached hydrogen (secondary N) is 2. The molecule has 4 rings (SSSR count). The highest BCUT2D eigenvalue weighted by Crippen LogP contribution is 2.27. The van der Waals surface area contributed by atoms with E-state index in [0.29, 0.717) is 17.1 Å². The Hall–Kier alpha value is -3.59. The molecule has 0 fully saturated rings. The molecule has 0 saturated heterocycles. The second kappa shape index (κ2) is 7.10. The fraction of sp³-hybridized carbons (Fsp3) is 0.0500. The molecule has 29 heavy (non-hydrogen) atoms. The van der Waals surface area contributed by atoms with Crippen LogP contribution < -0.4 is 10.3 Å². The Morgan fingerprint density at radius 1 is 1.07 bits per heavy atom. The van der Waals surface area contributed by atoms with E-state index in [4.69, 9.17) is 0 Å². The van der Waals surface area contributed by atoms with Crippen LogP contribution in [0.3, 0.4) is 0 Å². The average molecular weight is 410 g/mol. The Balaban J connectivity index is 1.75. The number of fused-ring (bicyclic) bond motifs is 1. The number of anilines is 1. The fourth-order valence-electron chi connectivity index (χ4n) is 3.00. The van der Waals surface area contributed by atoms with Crippen LogP contribution in [0.2, 0.25) is 0 Å². The molecule has 2 N–H and O–H groups in total. The lowest BCUT2D eigenvalue weighted by molar-refractivity contribution is 0.601. The van der Waals surface area contributed by atoms with Crippen molar-refractivity contribution in [1.29, 1.82) is 0 Å². The first kappa shape index (κ1) is 18.8. The molecule has 7 nitrogen and oxygen atoms in total. The molecule has 0 aliphatic carbocycles. The zero-order valence-electron chi connectivity index (χ0n) is 15.2. The molecule has 2 aromatic heterocycles. The number of hydrogen-bond acceptors (Lipinski definition) is 5. The van der Waals surface area contributed by atoms with Gasteiger partial charge in [0.05, 0.1) is 4.90 Å². The summed E-state index contributed by atoms with van der Waals surface area (Å²) in [5.74, 6) is -0.275. The third-order valence-electron chi connectivity index (χ3n) is 4.23. The normalized spacial score (nSPS) is 11.5. The van der Waals surface area contributed by atoms with Crippen LogP contribution in [0.1, 0.15) is 5.69 Å². The highest BCUT2D eigenvalue weighted by molar-refractivity contribution is 7.93. The van der Waals surface area contributed by atoms with Crippen molar-refractivity contribution in [2.24, 2.45) is 0 Å². The quantitative estimate of drug-likeness (QED) is 0.537. The molecular formula is C20H15FN4O3S. The lowest BCUT2D eigenvalue weighted by Gasteiger charge is -2.11. The third kappa shape index (κ3) is 3.72. The van der Waals surface area contributed by atoms with Crippen LogP contribution in [0.15, 0.2) is 70.5 Å². The van der Waals surface area contributed by atoms with Crippen LogP contribution in [0.25, 0.3) is 22.3 Å². The van der Waals surface area contributed by atoms with Gasteiger partial charge >= 0.3 is 0 Å². The predicted octanol–water partition coefficient (Wildman–Crippen LogP) is 3.23. The summed E-state index contributed by atoms with van der Waals surface area (Å²) in [7, 11) is -4.02. The summed E-state index contributed by atoms with van der Waals surface area (Å²) in [6.45, 7) is 1.69. The standard InChI is InChI=1S/C20H15FN4O3S/c1-12-10-18(26)24-20(23-12)13-4-2-5-14(11-13)25-29(27,28)17-8-7-16(21)19-15(17)6-3-9-22-19/h2-11,25H,1H3,(H,23,24,26). The van der Waals surface area contributed by atoms with Crippen LogP contribution in [-0.4, -0.2) is 23.4 Å². The SMILES string of the molecule is Cc1cc(=O)[nH]c(-c2cccc(NS(=O)(=O)c3ccc(F)c4ncccc34)c2)n1. The maximum Gasteiger partial charge on any atom is 0.262 e. The molecule has 0 unspecified atom stereocenters. The molecule has 4 aromatic rings. The van der Waals surface area contributed by atoms with Gasteiger partial charge < -0.3 is 4.98 Å². The first-order chi connectivity index (χ1) is 13.8. The maximum atomic E-state index is 14.0. The summed E-state index contributed by atoms with van der Waals surface area (Å²) in [6, 6.07) is 13.1. The number of sulfonamides is 1. The molecule has 9 heteroatoms. The second-order valence-electron chi connectivity index (χ2n) is 6.37. The van der Waals surface area contributed by atoms with Gasteiger partial charge in [-0.05, 0) is 43.3 Å². The molecule has 2 heterocycles. The van der Waals surface area contributed by atoms with E-state index in [2.05, 4.69) is 19.7 Å². The lowest BCUT2D eigenvalue weighted by atomic mass is 10.2. The summed E-state index contributed by atoms with van der Waals surface area (Å²) < 4.78 is 42.4. The molecule has 146 valence electrons. The van der Waals surface area contributed by atoms with Gasteiger partial charge in [0.2, 0.25) is 0 Å². The molecule has 0 radical (unpaired) electrons. The number of halogens is 1.